The molecular formula is C27H35Br2N2+. The zero-order chi connectivity index (χ0) is 23.1. The predicted octanol–water partition coefficient (Wildman–Crippen LogP) is 9.86. The molecule has 0 radical (unpaired) electrons. The summed E-state index contributed by atoms with van der Waals surface area (Å²) in [7, 11) is 0. The Labute approximate surface area is 205 Å². The van der Waals surface area contributed by atoms with Gasteiger partial charge in [-0.1, -0.05) is 87.2 Å². The van der Waals surface area contributed by atoms with Crippen molar-refractivity contribution in [3.63, 3.8) is 0 Å². The largest absolute Gasteiger partial charge is 0.205 e. The van der Waals surface area contributed by atoms with Crippen molar-refractivity contribution in [1.82, 2.24) is 4.48 Å². The Hall–Kier alpha value is -1.23. The molecule has 1 aliphatic rings. The van der Waals surface area contributed by atoms with Gasteiger partial charge in [0.1, 0.15) is 6.20 Å². The topological polar surface area (TPSA) is 12.4 Å². The van der Waals surface area contributed by atoms with E-state index in [0.717, 1.165) is 8.95 Å². The van der Waals surface area contributed by atoms with Gasteiger partial charge >= 0.3 is 0 Å². The Morgan fingerprint density at radius 2 is 0.935 bits per heavy atom. The number of rotatable bonds is 6. The molecule has 1 heterocycles. The number of halogens is 2. The summed E-state index contributed by atoms with van der Waals surface area (Å²) >= 11 is 7.57. The number of quaternary nitrogens is 1. The number of hydrogen-bond acceptors (Lipinski definition) is 1. The van der Waals surface area contributed by atoms with Gasteiger partial charge in [0.05, 0.1) is 6.20 Å². The van der Waals surface area contributed by atoms with Gasteiger partial charge in [-0.05, 0) is 47.9 Å². The maximum atomic E-state index is 4.68. The highest BCUT2D eigenvalue weighted by Crippen LogP contribution is 2.51. The van der Waals surface area contributed by atoms with E-state index in [1.54, 1.807) is 0 Å². The van der Waals surface area contributed by atoms with Crippen molar-refractivity contribution < 1.29 is 0 Å². The summed E-state index contributed by atoms with van der Waals surface area (Å²) in [4.78, 5) is 4.68. The van der Waals surface area contributed by atoms with Crippen molar-refractivity contribution in [2.24, 2.45) is 4.99 Å². The van der Waals surface area contributed by atoms with Crippen LogP contribution >= 0.6 is 31.9 Å². The Morgan fingerprint density at radius 1 is 0.613 bits per heavy atom. The quantitative estimate of drug-likeness (QED) is 0.319. The molecule has 0 spiro atoms. The molecule has 166 valence electrons. The minimum absolute atomic E-state index is 0.392. The second-order valence-electron chi connectivity index (χ2n) is 9.82. The summed E-state index contributed by atoms with van der Waals surface area (Å²) in [6.45, 7) is 18.3. The fourth-order valence-corrected chi connectivity index (χ4v) is 5.59. The first-order valence-electron chi connectivity index (χ1n) is 11.3. The van der Waals surface area contributed by atoms with Crippen LogP contribution < -0.4 is 4.48 Å². The molecule has 3 rings (SSSR count). The van der Waals surface area contributed by atoms with E-state index in [1.165, 1.54) is 33.6 Å². The van der Waals surface area contributed by atoms with Crippen molar-refractivity contribution in [1.29, 1.82) is 0 Å². The Balaban J connectivity index is 2.55. The van der Waals surface area contributed by atoms with Crippen LogP contribution in [0, 0.1) is 0 Å². The van der Waals surface area contributed by atoms with Gasteiger partial charge in [-0.25, -0.2) is 4.99 Å². The molecule has 4 heteroatoms. The fourth-order valence-electron chi connectivity index (χ4n) is 4.60. The third-order valence-corrected chi connectivity index (χ3v) is 7.05. The Bertz CT molecular complexity index is 888. The Morgan fingerprint density at radius 3 is 1.16 bits per heavy atom. The minimum Gasteiger partial charge on any atom is -0.205 e. The van der Waals surface area contributed by atoms with E-state index >= 15 is 0 Å². The third kappa shape index (κ3) is 4.49. The lowest BCUT2D eigenvalue weighted by molar-refractivity contribution is 0.676. The second kappa shape index (κ2) is 9.33. The van der Waals surface area contributed by atoms with Crippen molar-refractivity contribution in [3.05, 3.63) is 67.9 Å². The lowest BCUT2D eigenvalue weighted by Crippen LogP contribution is -2.39. The summed E-state index contributed by atoms with van der Waals surface area (Å²) in [5, 5.41) is 0. The molecule has 0 saturated carbocycles. The molecule has 1 aliphatic heterocycles. The number of aliphatic imine (C=N–C) groups is 1. The fraction of sp³-hybridized carbons (Fsp3) is 0.444. The minimum atomic E-state index is 0.392. The van der Waals surface area contributed by atoms with Crippen LogP contribution in [0.4, 0.5) is 11.4 Å². The van der Waals surface area contributed by atoms with E-state index in [1.807, 2.05) is 6.20 Å². The lowest BCUT2D eigenvalue weighted by atomic mass is 9.87. The predicted molar refractivity (Wildman–Crippen MR) is 144 cm³/mol. The number of benzene rings is 2. The zero-order valence-electron chi connectivity index (χ0n) is 20.0. The molecule has 0 N–H and O–H groups in total. The highest BCUT2D eigenvalue weighted by Gasteiger charge is 2.42. The highest BCUT2D eigenvalue weighted by atomic mass is 79.9. The van der Waals surface area contributed by atoms with E-state index in [2.05, 4.69) is 129 Å². The van der Waals surface area contributed by atoms with Crippen LogP contribution in [0.5, 0.6) is 0 Å². The van der Waals surface area contributed by atoms with Gasteiger partial charge in [-0.3, -0.25) is 0 Å². The molecule has 0 fully saturated rings. The van der Waals surface area contributed by atoms with Gasteiger partial charge in [-0.15, -0.1) is 0 Å². The average Bonchev–Trinajstić information content (AvgIpc) is 3.16. The highest BCUT2D eigenvalue weighted by molar-refractivity contribution is 9.10. The van der Waals surface area contributed by atoms with E-state index in [0.29, 0.717) is 28.2 Å². The van der Waals surface area contributed by atoms with Crippen molar-refractivity contribution in [3.8, 4) is 0 Å². The molecule has 0 bridgehead atoms. The van der Waals surface area contributed by atoms with Gasteiger partial charge in [0, 0.05) is 31.2 Å². The first-order valence-corrected chi connectivity index (χ1v) is 12.9. The van der Waals surface area contributed by atoms with Crippen LogP contribution in [0.2, 0.25) is 0 Å². The van der Waals surface area contributed by atoms with Gasteiger partial charge in [0.2, 0.25) is 6.34 Å². The Kier molecular flexibility index (Phi) is 7.35. The SMILES string of the molecule is CC(C)c1cc(Br)cc(C(C)C)c1[N+]1(c2c(C(C)C)cc(Br)cc2C(C)C)C=CN=C1. The molecule has 2 aromatic carbocycles. The molecule has 31 heavy (non-hydrogen) atoms. The lowest BCUT2D eigenvalue weighted by Gasteiger charge is -2.36. The standard InChI is InChI=1S/C27H35Br2N2/c1-16(2)22-11-20(28)12-23(17(3)4)26(22)31(10-9-30-15-31)27-24(18(5)6)13-21(29)14-25(27)19(7)8/h9-19H,1-8H3/q+1. The summed E-state index contributed by atoms with van der Waals surface area (Å²) in [5.41, 5.74) is 8.15. The number of nitrogens with zero attached hydrogens (tertiary/aromatic N) is 2. The maximum Gasteiger partial charge on any atom is 0.205 e. The van der Waals surface area contributed by atoms with Crippen LogP contribution in [0.1, 0.15) is 101 Å². The van der Waals surface area contributed by atoms with Crippen LogP contribution in [-0.4, -0.2) is 6.34 Å². The van der Waals surface area contributed by atoms with Crippen LogP contribution in [-0.2, 0) is 0 Å². The zero-order valence-corrected chi connectivity index (χ0v) is 23.2. The van der Waals surface area contributed by atoms with E-state index in [9.17, 15) is 0 Å². The van der Waals surface area contributed by atoms with Crippen molar-refractivity contribution in [2.75, 3.05) is 0 Å². The molecular weight excluding hydrogens is 512 g/mol. The molecule has 0 saturated heterocycles. The summed E-state index contributed by atoms with van der Waals surface area (Å²) in [6, 6.07) is 9.20. The summed E-state index contributed by atoms with van der Waals surface area (Å²) in [5.74, 6) is 1.57. The van der Waals surface area contributed by atoms with Crippen molar-refractivity contribution in [2.45, 2.75) is 79.1 Å². The summed E-state index contributed by atoms with van der Waals surface area (Å²) < 4.78 is 2.83. The second-order valence-corrected chi connectivity index (χ2v) is 11.7. The molecule has 0 unspecified atom stereocenters. The first kappa shape index (κ1) is 24.4. The summed E-state index contributed by atoms with van der Waals surface area (Å²) in [6.07, 6.45) is 6.36. The molecule has 0 aliphatic carbocycles. The smallest absolute Gasteiger partial charge is 0.205 e. The van der Waals surface area contributed by atoms with Crippen LogP contribution in [0.3, 0.4) is 0 Å². The van der Waals surface area contributed by atoms with E-state index in [4.69, 9.17) is 0 Å². The molecule has 2 nitrogen and oxygen atoms in total. The van der Waals surface area contributed by atoms with Gasteiger partial charge in [0.15, 0.2) is 11.4 Å². The van der Waals surface area contributed by atoms with Crippen molar-refractivity contribution >= 4 is 49.6 Å². The van der Waals surface area contributed by atoms with Crippen LogP contribution in [0.15, 0.2) is 50.6 Å². The van der Waals surface area contributed by atoms with E-state index < -0.39 is 0 Å². The van der Waals surface area contributed by atoms with E-state index in [-0.39, 0.29) is 0 Å². The van der Waals surface area contributed by atoms with Crippen LogP contribution in [0.25, 0.3) is 0 Å². The molecule has 0 atom stereocenters. The maximum absolute atomic E-state index is 4.68. The van der Waals surface area contributed by atoms with Gasteiger partial charge in [0.25, 0.3) is 0 Å². The third-order valence-electron chi connectivity index (χ3n) is 6.13. The normalized spacial score (nSPS) is 15.3. The molecule has 2 aromatic rings. The van der Waals surface area contributed by atoms with Gasteiger partial charge < -0.3 is 0 Å². The molecule has 0 aromatic heterocycles. The van der Waals surface area contributed by atoms with Gasteiger partial charge in [-0.2, -0.15) is 4.48 Å². The average molecular weight is 547 g/mol. The number of hydrogen-bond donors (Lipinski definition) is 0. The first-order chi connectivity index (χ1) is 14.5. The monoisotopic (exact) mass is 545 g/mol. The molecule has 0 amide bonds.